The fraction of sp³-hybridized carbons (Fsp3) is 0.444. The normalized spacial score (nSPS) is 10.5. The first-order valence-electron chi connectivity index (χ1n) is 8.43. The van der Waals surface area contributed by atoms with Crippen molar-refractivity contribution in [1.82, 2.24) is 9.97 Å². The lowest BCUT2D eigenvalue weighted by molar-refractivity contribution is 0.288. The van der Waals surface area contributed by atoms with Crippen molar-refractivity contribution in [3.8, 4) is 11.5 Å². The predicted molar refractivity (Wildman–Crippen MR) is 95.5 cm³/mol. The molecule has 1 aromatic heterocycles. The maximum absolute atomic E-state index is 11.8. The SMILES string of the molecule is CCCCc1cc(=O)[nH]c(Nc2ccc(OCC)c(OCC)c2)n1. The molecule has 2 aromatic rings. The number of H-pyrrole nitrogens is 1. The fourth-order valence-electron chi connectivity index (χ4n) is 2.32. The highest BCUT2D eigenvalue weighted by atomic mass is 16.5. The van der Waals surface area contributed by atoms with E-state index in [1.807, 2.05) is 32.0 Å². The second-order valence-electron chi connectivity index (χ2n) is 5.34. The molecule has 0 bridgehead atoms. The van der Waals surface area contributed by atoms with Gasteiger partial charge in [0.05, 0.1) is 13.2 Å². The van der Waals surface area contributed by atoms with Crippen LogP contribution in [0.4, 0.5) is 11.6 Å². The first-order chi connectivity index (χ1) is 11.7. The fourth-order valence-corrected chi connectivity index (χ4v) is 2.32. The van der Waals surface area contributed by atoms with E-state index in [4.69, 9.17) is 9.47 Å². The van der Waals surface area contributed by atoms with Crippen molar-refractivity contribution >= 4 is 11.6 Å². The molecule has 130 valence electrons. The summed E-state index contributed by atoms with van der Waals surface area (Å²) in [4.78, 5) is 19.0. The highest BCUT2D eigenvalue weighted by Crippen LogP contribution is 2.31. The molecule has 24 heavy (non-hydrogen) atoms. The number of nitrogens with one attached hydrogen (secondary N) is 2. The van der Waals surface area contributed by atoms with Gasteiger partial charge in [-0.25, -0.2) is 4.98 Å². The molecular formula is C18H25N3O3. The number of benzene rings is 1. The summed E-state index contributed by atoms with van der Waals surface area (Å²) in [6.07, 6.45) is 2.86. The van der Waals surface area contributed by atoms with Crippen LogP contribution < -0.4 is 20.3 Å². The monoisotopic (exact) mass is 331 g/mol. The third-order valence-corrected chi connectivity index (χ3v) is 3.39. The highest BCUT2D eigenvalue weighted by Gasteiger charge is 2.08. The Bertz CT molecular complexity index is 713. The van der Waals surface area contributed by atoms with E-state index in [9.17, 15) is 4.79 Å². The molecule has 0 unspecified atom stereocenters. The topological polar surface area (TPSA) is 76.2 Å². The van der Waals surface area contributed by atoms with Gasteiger partial charge in [0.25, 0.3) is 5.56 Å². The minimum Gasteiger partial charge on any atom is -0.490 e. The molecule has 0 saturated carbocycles. The number of anilines is 2. The first kappa shape index (κ1) is 17.8. The van der Waals surface area contributed by atoms with Crippen molar-refractivity contribution in [3.05, 3.63) is 40.3 Å². The molecule has 0 atom stereocenters. The number of aromatic amines is 1. The highest BCUT2D eigenvalue weighted by molar-refractivity contribution is 5.59. The summed E-state index contributed by atoms with van der Waals surface area (Å²) in [6, 6.07) is 7.10. The van der Waals surface area contributed by atoms with Crippen LogP contribution in [0.2, 0.25) is 0 Å². The van der Waals surface area contributed by atoms with Gasteiger partial charge in [-0.3, -0.25) is 9.78 Å². The molecule has 0 aliphatic rings. The second-order valence-corrected chi connectivity index (χ2v) is 5.34. The minimum absolute atomic E-state index is 0.158. The van der Waals surface area contributed by atoms with Crippen molar-refractivity contribution in [2.24, 2.45) is 0 Å². The van der Waals surface area contributed by atoms with Gasteiger partial charge in [-0.15, -0.1) is 0 Å². The van der Waals surface area contributed by atoms with Crippen molar-refractivity contribution in [3.63, 3.8) is 0 Å². The number of hydrogen-bond donors (Lipinski definition) is 2. The van der Waals surface area contributed by atoms with Crippen LogP contribution in [0.5, 0.6) is 11.5 Å². The third kappa shape index (κ3) is 5.01. The Labute approximate surface area is 142 Å². The van der Waals surface area contributed by atoms with E-state index in [1.165, 1.54) is 0 Å². The van der Waals surface area contributed by atoms with E-state index in [-0.39, 0.29) is 5.56 Å². The van der Waals surface area contributed by atoms with Crippen LogP contribution >= 0.6 is 0 Å². The molecule has 6 heteroatoms. The molecule has 0 spiro atoms. The maximum Gasteiger partial charge on any atom is 0.252 e. The Kier molecular flexibility index (Phi) is 6.66. The summed E-state index contributed by atoms with van der Waals surface area (Å²) in [5.41, 5.74) is 1.41. The van der Waals surface area contributed by atoms with E-state index in [1.54, 1.807) is 6.07 Å². The van der Waals surface area contributed by atoms with Crippen molar-refractivity contribution in [2.75, 3.05) is 18.5 Å². The zero-order valence-corrected chi connectivity index (χ0v) is 14.5. The molecule has 6 nitrogen and oxygen atoms in total. The van der Waals surface area contributed by atoms with Crippen LogP contribution in [-0.4, -0.2) is 23.2 Å². The molecular weight excluding hydrogens is 306 g/mol. The zero-order chi connectivity index (χ0) is 17.4. The lowest BCUT2D eigenvalue weighted by Crippen LogP contribution is -2.12. The van der Waals surface area contributed by atoms with Gasteiger partial charge in [0.15, 0.2) is 11.5 Å². The molecule has 0 aliphatic carbocycles. The van der Waals surface area contributed by atoms with E-state index in [0.29, 0.717) is 30.7 Å². The number of rotatable bonds is 9. The lowest BCUT2D eigenvalue weighted by Gasteiger charge is -2.13. The Hall–Kier alpha value is -2.50. The standard InChI is InChI=1S/C18H25N3O3/c1-4-7-8-13-12-17(22)21-18(19-13)20-14-9-10-15(23-5-2)16(11-14)24-6-3/h9-12H,4-8H2,1-3H3,(H2,19,20,21,22). The lowest BCUT2D eigenvalue weighted by atomic mass is 10.2. The summed E-state index contributed by atoms with van der Waals surface area (Å²) in [5, 5.41) is 3.13. The Morgan fingerprint density at radius 2 is 1.83 bits per heavy atom. The molecule has 0 amide bonds. The number of aromatic nitrogens is 2. The average molecular weight is 331 g/mol. The Morgan fingerprint density at radius 3 is 2.54 bits per heavy atom. The number of ether oxygens (including phenoxy) is 2. The van der Waals surface area contributed by atoms with Crippen molar-refractivity contribution in [2.45, 2.75) is 40.0 Å². The van der Waals surface area contributed by atoms with Crippen LogP contribution in [0.1, 0.15) is 39.3 Å². The van der Waals surface area contributed by atoms with E-state index < -0.39 is 0 Å². The van der Waals surface area contributed by atoms with Gasteiger partial charge < -0.3 is 14.8 Å². The summed E-state index contributed by atoms with van der Waals surface area (Å²) < 4.78 is 11.2. The van der Waals surface area contributed by atoms with Crippen LogP contribution in [0, 0.1) is 0 Å². The summed E-state index contributed by atoms with van der Waals surface area (Å²) in [6.45, 7) is 7.08. The van der Waals surface area contributed by atoms with Gasteiger partial charge in [0.1, 0.15) is 0 Å². The van der Waals surface area contributed by atoms with Crippen molar-refractivity contribution in [1.29, 1.82) is 0 Å². The predicted octanol–water partition coefficient (Wildman–Crippen LogP) is 3.65. The molecule has 1 heterocycles. The quantitative estimate of drug-likeness (QED) is 0.733. The van der Waals surface area contributed by atoms with Gasteiger partial charge in [0.2, 0.25) is 5.95 Å². The molecule has 0 saturated heterocycles. The Balaban J connectivity index is 2.22. The maximum atomic E-state index is 11.8. The average Bonchev–Trinajstić information content (AvgIpc) is 2.55. The van der Waals surface area contributed by atoms with Gasteiger partial charge in [0, 0.05) is 23.5 Å². The number of unbranched alkanes of at least 4 members (excludes halogenated alkanes) is 1. The van der Waals surface area contributed by atoms with E-state index in [0.717, 1.165) is 30.6 Å². The smallest absolute Gasteiger partial charge is 0.252 e. The number of hydrogen-bond acceptors (Lipinski definition) is 5. The molecule has 0 radical (unpaired) electrons. The second kappa shape index (κ2) is 8.96. The summed E-state index contributed by atoms with van der Waals surface area (Å²) in [7, 11) is 0. The van der Waals surface area contributed by atoms with E-state index in [2.05, 4.69) is 22.2 Å². The van der Waals surface area contributed by atoms with Gasteiger partial charge in [-0.2, -0.15) is 0 Å². The van der Waals surface area contributed by atoms with E-state index >= 15 is 0 Å². The van der Waals surface area contributed by atoms with Crippen molar-refractivity contribution < 1.29 is 9.47 Å². The molecule has 1 aromatic carbocycles. The first-order valence-corrected chi connectivity index (χ1v) is 8.43. The van der Waals surface area contributed by atoms with Gasteiger partial charge in [-0.1, -0.05) is 13.3 Å². The van der Waals surface area contributed by atoms with Crippen LogP contribution in [0.15, 0.2) is 29.1 Å². The Morgan fingerprint density at radius 1 is 1.08 bits per heavy atom. The van der Waals surface area contributed by atoms with Crippen LogP contribution in [-0.2, 0) is 6.42 Å². The van der Waals surface area contributed by atoms with Gasteiger partial charge in [-0.05, 0) is 38.8 Å². The summed E-state index contributed by atoms with van der Waals surface area (Å²) >= 11 is 0. The molecule has 2 rings (SSSR count). The van der Waals surface area contributed by atoms with Gasteiger partial charge >= 0.3 is 0 Å². The summed E-state index contributed by atoms with van der Waals surface area (Å²) in [5.74, 6) is 1.79. The molecule has 0 fully saturated rings. The van der Waals surface area contributed by atoms with Crippen LogP contribution in [0.25, 0.3) is 0 Å². The third-order valence-electron chi connectivity index (χ3n) is 3.39. The zero-order valence-electron chi connectivity index (χ0n) is 14.5. The minimum atomic E-state index is -0.158. The number of aryl methyl sites for hydroxylation is 1. The molecule has 2 N–H and O–H groups in total. The number of nitrogens with zero attached hydrogens (tertiary/aromatic N) is 1. The largest absolute Gasteiger partial charge is 0.490 e. The van der Waals surface area contributed by atoms with Crippen LogP contribution in [0.3, 0.4) is 0 Å². The molecule has 0 aliphatic heterocycles.